The lowest BCUT2D eigenvalue weighted by molar-refractivity contribution is 0.744. The van der Waals surface area contributed by atoms with Gasteiger partial charge in [-0.15, -0.1) is 0 Å². The Morgan fingerprint density at radius 2 is 1.79 bits per heavy atom. The summed E-state index contributed by atoms with van der Waals surface area (Å²) in [6, 6.07) is 21.1. The first-order valence-corrected chi connectivity index (χ1v) is 9.98. The van der Waals surface area contributed by atoms with Crippen molar-refractivity contribution >= 4 is 11.2 Å². The number of nitriles is 1. The molecule has 0 radical (unpaired) electrons. The Balaban J connectivity index is 1.79. The summed E-state index contributed by atoms with van der Waals surface area (Å²) < 4.78 is 2.21. The lowest BCUT2D eigenvalue weighted by Gasteiger charge is -2.13. The molecule has 0 fully saturated rings. The van der Waals surface area contributed by atoms with Gasteiger partial charge in [0.25, 0.3) is 0 Å². The van der Waals surface area contributed by atoms with E-state index in [2.05, 4.69) is 60.9 Å². The first kappa shape index (κ1) is 18.9. The van der Waals surface area contributed by atoms with Gasteiger partial charge in [0.05, 0.1) is 19.0 Å². The molecular formula is C25H24N4. The molecule has 0 aliphatic heterocycles. The van der Waals surface area contributed by atoms with Crippen LogP contribution in [0.3, 0.4) is 0 Å². The smallest absolute Gasteiger partial charge is 0.160 e. The molecule has 4 heteroatoms. The molecule has 4 aromatic rings. The second-order valence-corrected chi connectivity index (χ2v) is 7.41. The molecule has 0 amide bonds. The van der Waals surface area contributed by atoms with Gasteiger partial charge in [-0.1, -0.05) is 55.5 Å². The minimum atomic E-state index is 0.389. The number of pyridine rings is 1. The van der Waals surface area contributed by atoms with Crippen LogP contribution in [0.2, 0.25) is 0 Å². The third-order valence-corrected chi connectivity index (χ3v) is 5.28. The fraction of sp³-hybridized carbons (Fsp3) is 0.240. The van der Waals surface area contributed by atoms with Gasteiger partial charge in [-0.2, -0.15) is 5.26 Å². The maximum Gasteiger partial charge on any atom is 0.160 e. The topological polar surface area (TPSA) is 54.5 Å². The minimum absolute atomic E-state index is 0.389. The van der Waals surface area contributed by atoms with Crippen molar-refractivity contribution in [1.82, 2.24) is 14.5 Å². The Kier molecular flexibility index (Phi) is 5.14. The predicted octanol–water partition coefficient (Wildman–Crippen LogP) is 5.39. The quantitative estimate of drug-likeness (QED) is 0.466. The zero-order chi connectivity index (χ0) is 20.4. The van der Waals surface area contributed by atoms with Crippen LogP contribution >= 0.6 is 0 Å². The molecule has 0 atom stereocenters. The number of fused-ring (bicyclic) bond motifs is 1. The molecular weight excluding hydrogens is 356 g/mol. The molecule has 2 heterocycles. The van der Waals surface area contributed by atoms with Crippen molar-refractivity contribution in [1.29, 1.82) is 5.26 Å². The standard InChI is InChI=1S/C25H24N4/c1-4-23-28-24-17(2)14-18(3)27-25(24)29(23)16-19-10-11-22(21(15-19)12-13-26)20-8-6-5-7-9-20/h5-11,14-15H,4,12,16H2,1-3H3. The molecule has 0 unspecified atom stereocenters. The van der Waals surface area contributed by atoms with Gasteiger partial charge in [0.1, 0.15) is 11.3 Å². The normalized spacial score (nSPS) is 11.0. The summed E-state index contributed by atoms with van der Waals surface area (Å²) in [5.41, 5.74) is 8.54. The molecule has 144 valence electrons. The van der Waals surface area contributed by atoms with E-state index in [1.165, 1.54) is 0 Å². The molecule has 0 saturated heterocycles. The van der Waals surface area contributed by atoms with E-state index in [1.807, 2.05) is 25.1 Å². The Morgan fingerprint density at radius 1 is 1.00 bits per heavy atom. The van der Waals surface area contributed by atoms with Crippen LogP contribution in [0.25, 0.3) is 22.3 Å². The Hall–Kier alpha value is -3.45. The number of aryl methyl sites for hydroxylation is 3. The monoisotopic (exact) mass is 380 g/mol. The Morgan fingerprint density at radius 3 is 2.52 bits per heavy atom. The number of nitrogens with zero attached hydrogens (tertiary/aromatic N) is 4. The van der Waals surface area contributed by atoms with E-state index in [-0.39, 0.29) is 0 Å². The maximum atomic E-state index is 9.35. The lowest BCUT2D eigenvalue weighted by Crippen LogP contribution is -2.06. The van der Waals surface area contributed by atoms with Gasteiger partial charge >= 0.3 is 0 Å². The summed E-state index contributed by atoms with van der Waals surface area (Å²) in [6.07, 6.45) is 1.24. The average molecular weight is 380 g/mol. The van der Waals surface area contributed by atoms with Crippen molar-refractivity contribution in [2.45, 2.75) is 40.2 Å². The van der Waals surface area contributed by atoms with Crippen LogP contribution in [0.1, 0.15) is 35.1 Å². The van der Waals surface area contributed by atoms with E-state index < -0.39 is 0 Å². The molecule has 0 bridgehead atoms. The maximum absolute atomic E-state index is 9.35. The third-order valence-electron chi connectivity index (χ3n) is 5.28. The summed E-state index contributed by atoms with van der Waals surface area (Å²) in [6.45, 7) is 6.94. The van der Waals surface area contributed by atoms with Crippen LogP contribution in [0, 0.1) is 25.2 Å². The first-order valence-electron chi connectivity index (χ1n) is 9.98. The van der Waals surface area contributed by atoms with Crippen LogP contribution in [-0.4, -0.2) is 14.5 Å². The van der Waals surface area contributed by atoms with Crippen molar-refractivity contribution in [3.05, 3.63) is 82.8 Å². The number of hydrogen-bond acceptors (Lipinski definition) is 3. The van der Waals surface area contributed by atoms with Gasteiger partial charge < -0.3 is 4.57 Å². The highest BCUT2D eigenvalue weighted by molar-refractivity contribution is 5.76. The highest BCUT2D eigenvalue weighted by Gasteiger charge is 2.14. The number of benzene rings is 2. The van der Waals surface area contributed by atoms with Crippen molar-refractivity contribution < 1.29 is 0 Å². The fourth-order valence-electron chi connectivity index (χ4n) is 3.94. The molecule has 2 aromatic heterocycles. The minimum Gasteiger partial charge on any atom is -0.308 e. The zero-order valence-electron chi connectivity index (χ0n) is 17.1. The molecule has 0 saturated carbocycles. The number of aromatic nitrogens is 3. The van der Waals surface area contributed by atoms with Crippen molar-refractivity contribution in [3.8, 4) is 17.2 Å². The predicted molar refractivity (Wildman–Crippen MR) is 117 cm³/mol. The van der Waals surface area contributed by atoms with E-state index in [9.17, 15) is 5.26 Å². The number of hydrogen-bond donors (Lipinski definition) is 0. The summed E-state index contributed by atoms with van der Waals surface area (Å²) in [7, 11) is 0. The Bertz CT molecular complexity index is 1210. The van der Waals surface area contributed by atoms with Gasteiger partial charge in [-0.25, -0.2) is 9.97 Å². The summed E-state index contributed by atoms with van der Waals surface area (Å²) >= 11 is 0. The highest BCUT2D eigenvalue weighted by atomic mass is 15.1. The van der Waals surface area contributed by atoms with E-state index >= 15 is 0 Å². The van der Waals surface area contributed by atoms with Crippen molar-refractivity contribution in [3.63, 3.8) is 0 Å². The van der Waals surface area contributed by atoms with Gasteiger partial charge in [0.2, 0.25) is 0 Å². The van der Waals surface area contributed by atoms with Crippen molar-refractivity contribution in [2.75, 3.05) is 0 Å². The second kappa shape index (κ2) is 7.89. The third kappa shape index (κ3) is 3.64. The van der Waals surface area contributed by atoms with Gasteiger partial charge in [0.15, 0.2) is 5.65 Å². The largest absolute Gasteiger partial charge is 0.308 e. The summed E-state index contributed by atoms with van der Waals surface area (Å²) in [5.74, 6) is 1.04. The zero-order valence-corrected chi connectivity index (χ0v) is 17.1. The molecule has 4 nitrogen and oxygen atoms in total. The van der Waals surface area contributed by atoms with Crippen LogP contribution < -0.4 is 0 Å². The van der Waals surface area contributed by atoms with Gasteiger partial charge in [0, 0.05) is 12.1 Å². The Labute approximate surface area is 171 Å². The molecule has 0 aliphatic rings. The van der Waals surface area contributed by atoms with Crippen LogP contribution in [0.4, 0.5) is 0 Å². The summed E-state index contributed by atoms with van der Waals surface area (Å²) in [4.78, 5) is 9.61. The van der Waals surface area contributed by atoms with Crippen LogP contribution in [0.15, 0.2) is 54.6 Å². The average Bonchev–Trinajstić information content (AvgIpc) is 3.07. The molecule has 0 N–H and O–H groups in total. The summed E-state index contributed by atoms with van der Waals surface area (Å²) in [5, 5.41) is 9.35. The van der Waals surface area contributed by atoms with Gasteiger partial charge in [-0.05, 0) is 47.7 Å². The second-order valence-electron chi connectivity index (χ2n) is 7.41. The lowest BCUT2D eigenvalue weighted by atomic mass is 9.96. The number of imidazole rings is 1. The SMILES string of the molecule is CCc1nc2c(C)cc(C)nc2n1Cc1ccc(-c2ccccc2)c(CC#N)c1. The van der Waals surface area contributed by atoms with Crippen LogP contribution in [-0.2, 0) is 19.4 Å². The van der Waals surface area contributed by atoms with Crippen LogP contribution in [0.5, 0.6) is 0 Å². The highest BCUT2D eigenvalue weighted by Crippen LogP contribution is 2.27. The van der Waals surface area contributed by atoms with E-state index in [1.54, 1.807) is 0 Å². The van der Waals surface area contributed by atoms with Crippen molar-refractivity contribution in [2.24, 2.45) is 0 Å². The first-order chi connectivity index (χ1) is 14.1. The molecule has 0 aliphatic carbocycles. The number of rotatable bonds is 5. The van der Waals surface area contributed by atoms with E-state index in [4.69, 9.17) is 9.97 Å². The molecule has 0 spiro atoms. The fourth-order valence-corrected chi connectivity index (χ4v) is 3.94. The van der Waals surface area contributed by atoms with E-state index in [0.29, 0.717) is 13.0 Å². The molecule has 4 rings (SSSR count). The van der Waals surface area contributed by atoms with E-state index in [0.717, 1.165) is 56.9 Å². The van der Waals surface area contributed by atoms with Gasteiger partial charge in [-0.3, -0.25) is 0 Å². The molecule has 29 heavy (non-hydrogen) atoms. The molecule has 2 aromatic carbocycles.